The second-order valence-electron chi connectivity index (χ2n) is 3.67. The minimum absolute atomic E-state index is 0.346. The van der Waals surface area contributed by atoms with E-state index in [1.54, 1.807) is 0 Å². The van der Waals surface area contributed by atoms with Gasteiger partial charge in [-0.3, -0.25) is 4.79 Å². The Bertz CT molecular complexity index is 354. The normalized spacial score (nSPS) is 15.8. The molecule has 1 amide bonds. The Labute approximate surface area is 82.3 Å². The molecule has 5 nitrogen and oxygen atoms in total. The first-order valence-electron chi connectivity index (χ1n) is 4.98. The third-order valence-corrected chi connectivity index (χ3v) is 2.40. The highest BCUT2D eigenvalue weighted by molar-refractivity contribution is 5.91. The second kappa shape index (κ2) is 3.40. The predicted molar refractivity (Wildman–Crippen MR) is 50.8 cm³/mol. The molecule has 1 aliphatic rings. The number of rotatable bonds is 4. The Morgan fingerprint density at radius 3 is 2.86 bits per heavy atom. The van der Waals surface area contributed by atoms with Crippen LogP contribution in [-0.4, -0.2) is 20.9 Å². The summed E-state index contributed by atoms with van der Waals surface area (Å²) in [5.41, 5.74) is 6.48. The number of hydrogen-bond acceptors (Lipinski definition) is 3. The van der Waals surface area contributed by atoms with E-state index in [4.69, 9.17) is 5.73 Å². The Balaban J connectivity index is 2.35. The zero-order valence-electron chi connectivity index (χ0n) is 8.23. The molecular formula is C9H14N4O. The average Bonchev–Trinajstić information content (AvgIpc) is 2.89. The summed E-state index contributed by atoms with van der Waals surface area (Å²) in [6.45, 7) is 2.06. The Hall–Kier alpha value is -1.39. The number of nitrogens with zero attached hydrogens (tertiary/aromatic N) is 3. The van der Waals surface area contributed by atoms with Crippen LogP contribution in [0.2, 0.25) is 0 Å². The van der Waals surface area contributed by atoms with Gasteiger partial charge in [-0.1, -0.05) is 18.6 Å². The van der Waals surface area contributed by atoms with Crippen LogP contribution in [-0.2, 0) is 6.42 Å². The number of primary amides is 1. The number of hydrogen-bond donors (Lipinski definition) is 1. The molecule has 0 atom stereocenters. The molecule has 5 heteroatoms. The van der Waals surface area contributed by atoms with Gasteiger partial charge in [-0.25, -0.2) is 4.68 Å². The lowest BCUT2D eigenvalue weighted by Gasteiger charge is -2.03. The number of carbonyl (C=O) groups excluding carboxylic acids is 1. The predicted octanol–water partition coefficient (Wildman–Crippen LogP) is 0.664. The maximum Gasteiger partial charge on any atom is 0.271 e. The van der Waals surface area contributed by atoms with Gasteiger partial charge in [0.1, 0.15) is 0 Å². The van der Waals surface area contributed by atoms with Crippen LogP contribution >= 0.6 is 0 Å². The first kappa shape index (κ1) is 9.18. The van der Waals surface area contributed by atoms with Crippen LogP contribution in [0.1, 0.15) is 48.4 Å². The van der Waals surface area contributed by atoms with Crippen molar-refractivity contribution >= 4 is 5.91 Å². The van der Waals surface area contributed by atoms with Crippen LogP contribution in [0, 0.1) is 0 Å². The van der Waals surface area contributed by atoms with Gasteiger partial charge >= 0.3 is 0 Å². The lowest BCUT2D eigenvalue weighted by Crippen LogP contribution is -2.15. The number of aromatic nitrogens is 3. The fourth-order valence-electron chi connectivity index (χ4n) is 1.59. The number of nitrogens with two attached hydrogens (primary N) is 1. The van der Waals surface area contributed by atoms with Crippen LogP contribution < -0.4 is 5.73 Å². The van der Waals surface area contributed by atoms with Crippen molar-refractivity contribution in [3.63, 3.8) is 0 Å². The first-order valence-corrected chi connectivity index (χ1v) is 4.98. The van der Waals surface area contributed by atoms with Gasteiger partial charge in [0.05, 0.1) is 11.7 Å². The lowest BCUT2D eigenvalue weighted by atomic mass is 10.2. The summed E-state index contributed by atoms with van der Waals surface area (Å²) in [6, 6.07) is 0.456. The monoisotopic (exact) mass is 194 g/mol. The zero-order chi connectivity index (χ0) is 10.1. The minimum Gasteiger partial charge on any atom is -0.364 e. The van der Waals surface area contributed by atoms with Gasteiger partial charge in [-0.15, -0.1) is 5.10 Å². The third kappa shape index (κ3) is 1.49. The van der Waals surface area contributed by atoms with Crippen molar-refractivity contribution < 1.29 is 4.79 Å². The fourth-order valence-corrected chi connectivity index (χ4v) is 1.59. The third-order valence-electron chi connectivity index (χ3n) is 2.40. The lowest BCUT2D eigenvalue weighted by molar-refractivity contribution is 0.0994. The molecule has 1 aromatic heterocycles. The van der Waals surface area contributed by atoms with Crippen molar-refractivity contribution in [2.75, 3.05) is 0 Å². The molecule has 1 aliphatic carbocycles. The van der Waals surface area contributed by atoms with E-state index in [9.17, 15) is 4.79 Å². The quantitative estimate of drug-likeness (QED) is 0.765. The SMILES string of the molecule is CCCc1c(C(N)=O)nnn1C1CC1. The summed E-state index contributed by atoms with van der Waals surface area (Å²) in [4.78, 5) is 11.1. The van der Waals surface area contributed by atoms with Gasteiger partial charge in [-0.05, 0) is 19.3 Å². The van der Waals surface area contributed by atoms with Crippen molar-refractivity contribution in [3.05, 3.63) is 11.4 Å². The molecule has 2 N–H and O–H groups in total. The molecule has 2 rings (SSSR count). The molecular weight excluding hydrogens is 180 g/mol. The molecule has 1 heterocycles. The Morgan fingerprint density at radius 2 is 2.36 bits per heavy atom. The van der Waals surface area contributed by atoms with Crippen molar-refractivity contribution in [3.8, 4) is 0 Å². The van der Waals surface area contributed by atoms with E-state index in [1.807, 2.05) is 4.68 Å². The molecule has 0 unspecified atom stereocenters. The molecule has 0 saturated heterocycles. The topological polar surface area (TPSA) is 73.8 Å². The van der Waals surface area contributed by atoms with E-state index in [0.717, 1.165) is 31.4 Å². The molecule has 0 aromatic carbocycles. The zero-order valence-corrected chi connectivity index (χ0v) is 8.23. The van der Waals surface area contributed by atoms with Crippen LogP contribution in [0.4, 0.5) is 0 Å². The van der Waals surface area contributed by atoms with Crippen molar-refractivity contribution in [1.82, 2.24) is 15.0 Å². The van der Waals surface area contributed by atoms with E-state index < -0.39 is 5.91 Å². The summed E-state index contributed by atoms with van der Waals surface area (Å²) >= 11 is 0. The largest absolute Gasteiger partial charge is 0.364 e. The fraction of sp³-hybridized carbons (Fsp3) is 0.667. The summed E-state index contributed by atoms with van der Waals surface area (Å²) in [6.07, 6.45) is 4.07. The van der Waals surface area contributed by atoms with E-state index >= 15 is 0 Å². The Morgan fingerprint density at radius 1 is 1.64 bits per heavy atom. The molecule has 1 saturated carbocycles. The van der Waals surface area contributed by atoms with Crippen LogP contribution in [0.15, 0.2) is 0 Å². The molecule has 76 valence electrons. The number of carbonyl (C=O) groups is 1. The van der Waals surface area contributed by atoms with Crippen molar-refractivity contribution in [2.24, 2.45) is 5.73 Å². The van der Waals surface area contributed by atoms with Crippen LogP contribution in [0.3, 0.4) is 0 Å². The maximum absolute atomic E-state index is 11.1. The van der Waals surface area contributed by atoms with Crippen molar-refractivity contribution in [1.29, 1.82) is 0 Å². The first-order chi connectivity index (χ1) is 6.74. The van der Waals surface area contributed by atoms with Crippen molar-refractivity contribution in [2.45, 2.75) is 38.6 Å². The summed E-state index contributed by atoms with van der Waals surface area (Å²) in [7, 11) is 0. The molecule has 1 aromatic rings. The van der Waals surface area contributed by atoms with E-state index in [2.05, 4.69) is 17.2 Å². The van der Waals surface area contributed by atoms with E-state index in [1.165, 1.54) is 0 Å². The highest BCUT2D eigenvalue weighted by Gasteiger charge is 2.29. The highest BCUT2D eigenvalue weighted by atomic mass is 16.1. The molecule has 1 fully saturated rings. The van der Waals surface area contributed by atoms with Gasteiger partial charge < -0.3 is 5.73 Å². The molecule has 0 spiro atoms. The smallest absolute Gasteiger partial charge is 0.271 e. The van der Waals surface area contributed by atoms with Gasteiger partial charge in [0.15, 0.2) is 5.69 Å². The van der Waals surface area contributed by atoms with Gasteiger partial charge in [0, 0.05) is 0 Å². The number of amides is 1. The van der Waals surface area contributed by atoms with Crippen LogP contribution in [0.5, 0.6) is 0 Å². The molecule has 14 heavy (non-hydrogen) atoms. The molecule has 0 bridgehead atoms. The molecule has 0 radical (unpaired) electrons. The van der Waals surface area contributed by atoms with E-state index in [0.29, 0.717) is 11.7 Å². The average molecular weight is 194 g/mol. The summed E-state index contributed by atoms with van der Waals surface area (Å²) in [5.74, 6) is -0.472. The molecule has 0 aliphatic heterocycles. The summed E-state index contributed by atoms with van der Waals surface area (Å²) < 4.78 is 1.86. The van der Waals surface area contributed by atoms with Gasteiger partial charge in [-0.2, -0.15) is 0 Å². The van der Waals surface area contributed by atoms with Gasteiger partial charge in [0.25, 0.3) is 5.91 Å². The minimum atomic E-state index is -0.472. The van der Waals surface area contributed by atoms with E-state index in [-0.39, 0.29) is 0 Å². The Kier molecular flexibility index (Phi) is 2.23. The summed E-state index contributed by atoms with van der Waals surface area (Å²) in [5, 5.41) is 7.82. The maximum atomic E-state index is 11.1. The second-order valence-corrected chi connectivity index (χ2v) is 3.67. The van der Waals surface area contributed by atoms with Gasteiger partial charge in [0.2, 0.25) is 0 Å². The highest BCUT2D eigenvalue weighted by Crippen LogP contribution is 2.35. The standard InChI is InChI=1S/C9H14N4O/c1-2-3-7-8(9(10)14)11-12-13(7)6-4-5-6/h6H,2-5H2,1H3,(H2,10,14). The van der Waals surface area contributed by atoms with Crippen LogP contribution in [0.25, 0.3) is 0 Å².